The van der Waals surface area contributed by atoms with E-state index in [2.05, 4.69) is 10.4 Å². The number of benzene rings is 1. The second kappa shape index (κ2) is 8.86. The Bertz CT molecular complexity index is 1150. The van der Waals surface area contributed by atoms with E-state index < -0.39 is 10.0 Å². The van der Waals surface area contributed by atoms with Crippen LogP contribution in [0.25, 0.3) is 5.69 Å². The van der Waals surface area contributed by atoms with Crippen LogP contribution in [-0.4, -0.2) is 54.7 Å². The van der Waals surface area contributed by atoms with Crippen molar-refractivity contribution in [3.05, 3.63) is 64.3 Å². The number of carbonyl (C=O) groups excluding carboxylic acids is 1. The highest BCUT2D eigenvalue weighted by atomic mass is 35.5. The normalized spacial score (nSPS) is 15.2. The van der Waals surface area contributed by atoms with Crippen LogP contribution in [-0.2, 0) is 21.3 Å². The average Bonchev–Trinajstić information content (AvgIpc) is 3.43. The molecule has 158 valence electrons. The molecular weight excluding hydrogens is 448 g/mol. The maximum absolute atomic E-state index is 12.7. The third kappa shape index (κ3) is 4.57. The number of amides is 1. The second-order valence-corrected chi connectivity index (χ2v) is 10.3. The van der Waals surface area contributed by atoms with Crippen LogP contribution in [0.1, 0.15) is 15.4 Å². The standard InChI is InChI=1S/C19H19ClN4O4S2/c20-14-2-1-3-15(12-14)24-7-6-17(22-24)19(25)21-13-16-4-5-18(29-16)30(26,27)23-8-10-28-11-9-23/h1-7,12H,8-11,13H2,(H,21,25). The topological polar surface area (TPSA) is 93.5 Å². The number of ether oxygens (including phenoxy) is 1. The first kappa shape index (κ1) is 21.0. The fourth-order valence-electron chi connectivity index (χ4n) is 2.97. The van der Waals surface area contributed by atoms with Crippen LogP contribution in [0.15, 0.2) is 52.9 Å². The van der Waals surface area contributed by atoms with Crippen molar-refractivity contribution in [3.8, 4) is 5.69 Å². The molecule has 30 heavy (non-hydrogen) atoms. The Balaban J connectivity index is 1.39. The van der Waals surface area contributed by atoms with E-state index in [-0.39, 0.29) is 22.4 Å². The Hall–Kier alpha value is -2.24. The number of carbonyl (C=O) groups is 1. The predicted octanol–water partition coefficient (Wildman–Crippen LogP) is 2.54. The van der Waals surface area contributed by atoms with E-state index >= 15 is 0 Å². The minimum atomic E-state index is -3.53. The largest absolute Gasteiger partial charge is 0.379 e. The van der Waals surface area contributed by atoms with Gasteiger partial charge in [-0.25, -0.2) is 13.1 Å². The summed E-state index contributed by atoms with van der Waals surface area (Å²) in [5, 5.41) is 7.63. The molecule has 1 fully saturated rings. The maximum atomic E-state index is 12.7. The number of halogens is 1. The van der Waals surface area contributed by atoms with Gasteiger partial charge in [0.1, 0.15) is 4.21 Å². The van der Waals surface area contributed by atoms with Crippen molar-refractivity contribution in [1.82, 2.24) is 19.4 Å². The summed E-state index contributed by atoms with van der Waals surface area (Å²) < 4.78 is 33.9. The zero-order chi connectivity index (χ0) is 21.1. The van der Waals surface area contributed by atoms with Crippen LogP contribution in [0.3, 0.4) is 0 Å². The Morgan fingerprint density at radius 2 is 2.00 bits per heavy atom. The summed E-state index contributed by atoms with van der Waals surface area (Å²) >= 11 is 7.14. The molecule has 8 nitrogen and oxygen atoms in total. The van der Waals surface area contributed by atoms with Gasteiger partial charge in [0.25, 0.3) is 15.9 Å². The molecule has 0 saturated carbocycles. The summed E-state index contributed by atoms with van der Waals surface area (Å²) in [6, 6.07) is 12.0. The van der Waals surface area contributed by atoms with E-state index in [1.54, 1.807) is 47.3 Å². The van der Waals surface area contributed by atoms with Crippen molar-refractivity contribution in [1.29, 1.82) is 0 Å². The molecule has 1 N–H and O–H groups in total. The molecule has 0 radical (unpaired) electrons. The van der Waals surface area contributed by atoms with Gasteiger partial charge in [-0.2, -0.15) is 9.40 Å². The molecule has 0 unspecified atom stereocenters. The molecule has 3 aromatic rings. The molecule has 0 bridgehead atoms. The predicted molar refractivity (Wildman–Crippen MR) is 114 cm³/mol. The SMILES string of the molecule is O=C(NCc1ccc(S(=O)(=O)N2CCOCC2)s1)c1ccn(-c2cccc(Cl)c2)n1. The van der Waals surface area contributed by atoms with E-state index in [4.69, 9.17) is 16.3 Å². The number of thiophene rings is 1. The molecule has 0 aliphatic carbocycles. The van der Waals surface area contributed by atoms with Gasteiger partial charge in [0.15, 0.2) is 5.69 Å². The summed E-state index contributed by atoms with van der Waals surface area (Å²) in [5.74, 6) is -0.346. The third-order valence-electron chi connectivity index (χ3n) is 4.52. The Kier molecular flexibility index (Phi) is 6.21. The molecule has 3 heterocycles. The lowest BCUT2D eigenvalue weighted by Crippen LogP contribution is -2.40. The van der Waals surface area contributed by atoms with Crippen molar-refractivity contribution >= 4 is 38.9 Å². The van der Waals surface area contributed by atoms with Gasteiger partial charge < -0.3 is 10.1 Å². The van der Waals surface area contributed by atoms with Crippen molar-refractivity contribution in [2.24, 2.45) is 0 Å². The minimum Gasteiger partial charge on any atom is -0.379 e. The number of nitrogens with one attached hydrogen (secondary N) is 1. The van der Waals surface area contributed by atoms with Gasteiger partial charge in [-0.15, -0.1) is 11.3 Å². The first-order chi connectivity index (χ1) is 14.4. The van der Waals surface area contributed by atoms with Gasteiger partial charge in [-0.05, 0) is 36.4 Å². The number of nitrogens with zero attached hydrogens (tertiary/aromatic N) is 3. The molecular formula is C19H19ClN4O4S2. The molecule has 1 aromatic carbocycles. The lowest BCUT2D eigenvalue weighted by atomic mass is 10.3. The van der Waals surface area contributed by atoms with Gasteiger partial charge in [-0.1, -0.05) is 17.7 Å². The van der Waals surface area contributed by atoms with E-state index in [0.717, 1.165) is 21.9 Å². The summed E-state index contributed by atoms with van der Waals surface area (Å²) in [7, 11) is -3.53. The molecule has 0 spiro atoms. The molecule has 1 amide bonds. The van der Waals surface area contributed by atoms with Crippen molar-refractivity contribution < 1.29 is 17.9 Å². The van der Waals surface area contributed by atoms with Crippen LogP contribution < -0.4 is 5.32 Å². The lowest BCUT2D eigenvalue weighted by Gasteiger charge is -2.25. The number of rotatable bonds is 6. The fraction of sp³-hybridized carbons (Fsp3) is 0.263. The summed E-state index contributed by atoms with van der Waals surface area (Å²) in [5.41, 5.74) is 1.01. The first-order valence-electron chi connectivity index (χ1n) is 9.20. The van der Waals surface area contributed by atoms with Gasteiger partial charge in [-0.3, -0.25) is 4.79 Å². The van der Waals surface area contributed by atoms with Crippen LogP contribution in [0, 0.1) is 0 Å². The number of aromatic nitrogens is 2. The Labute approximate surface area is 183 Å². The van der Waals surface area contributed by atoms with Crippen molar-refractivity contribution in [2.75, 3.05) is 26.3 Å². The quantitative estimate of drug-likeness (QED) is 0.602. The highest BCUT2D eigenvalue weighted by molar-refractivity contribution is 7.91. The molecule has 1 aliphatic heterocycles. The van der Waals surface area contributed by atoms with Gasteiger partial charge in [0, 0.05) is 29.2 Å². The van der Waals surface area contributed by atoms with Gasteiger partial charge in [0.05, 0.1) is 25.4 Å². The average molecular weight is 467 g/mol. The van der Waals surface area contributed by atoms with Crippen LogP contribution >= 0.6 is 22.9 Å². The highest BCUT2D eigenvalue weighted by Crippen LogP contribution is 2.25. The van der Waals surface area contributed by atoms with E-state index in [9.17, 15) is 13.2 Å². The summed E-state index contributed by atoms with van der Waals surface area (Å²) in [6.07, 6.45) is 1.68. The summed E-state index contributed by atoms with van der Waals surface area (Å²) in [6.45, 7) is 1.71. The first-order valence-corrected chi connectivity index (χ1v) is 11.8. The number of sulfonamides is 1. The third-order valence-corrected chi connectivity index (χ3v) is 8.21. The van der Waals surface area contributed by atoms with E-state index in [1.165, 1.54) is 4.31 Å². The minimum absolute atomic E-state index is 0.214. The Morgan fingerprint density at radius 1 is 1.20 bits per heavy atom. The number of hydrogen-bond donors (Lipinski definition) is 1. The van der Waals surface area contributed by atoms with Crippen LogP contribution in [0.2, 0.25) is 5.02 Å². The van der Waals surface area contributed by atoms with Gasteiger partial charge in [0.2, 0.25) is 0 Å². The van der Waals surface area contributed by atoms with E-state index in [1.807, 2.05) is 6.07 Å². The fourth-order valence-corrected chi connectivity index (χ4v) is 6.01. The molecule has 4 rings (SSSR count). The van der Waals surface area contributed by atoms with E-state index in [0.29, 0.717) is 31.3 Å². The van der Waals surface area contributed by atoms with Crippen molar-refractivity contribution in [2.45, 2.75) is 10.8 Å². The zero-order valence-corrected chi connectivity index (χ0v) is 18.2. The highest BCUT2D eigenvalue weighted by Gasteiger charge is 2.27. The molecule has 0 atom stereocenters. The molecule has 1 saturated heterocycles. The number of hydrogen-bond acceptors (Lipinski definition) is 6. The van der Waals surface area contributed by atoms with Gasteiger partial charge >= 0.3 is 0 Å². The lowest BCUT2D eigenvalue weighted by molar-refractivity contribution is 0.0731. The Morgan fingerprint density at radius 3 is 2.77 bits per heavy atom. The molecule has 2 aromatic heterocycles. The monoisotopic (exact) mass is 466 g/mol. The number of morpholine rings is 1. The maximum Gasteiger partial charge on any atom is 0.272 e. The van der Waals surface area contributed by atoms with Crippen LogP contribution in [0.4, 0.5) is 0 Å². The molecule has 1 aliphatic rings. The zero-order valence-electron chi connectivity index (χ0n) is 15.8. The molecule has 11 heteroatoms. The van der Waals surface area contributed by atoms with Crippen LogP contribution in [0.5, 0.6) is 0 Å². The van der Waals surface area contributed by atoms with Crippen molar-refractivity contribution in [3.63, 3.8) is 0 Å². The summed E-state index contributed by atoms with van der Waals surface area (Å²) in [4.78, 5) is 13.2. The second-order valence-electron chi connectivity index (χ2n) is 6.55. The smallest absolute Gasteiger partial charge is 0.272 e.